The molecule has 0 unspecified atom stereocenters. The van der Waals surface area contributed by atoms with Gasteiger partial charge in [0, 0.05) is 17.6 Å². The molecule has 1 N–H and O–H groups in total. The van der Waals surface area contributed by atoms with Gasteiger partial charge in [-0.2, -0.15) is 0 Å². The van der Waals surface area contributed by atoms with E-state index in [-0.39, 0.29) is 18.5 Å². The van der Waals surface area contributed by atoms with Gasteiger partial charge in [0.1, 0.15) is 12.6 Å². The minimum absolute atomic E-state index is 0.0492. The average Bonchev–Trinajstić information content (AvgIpc) is 2.76. The summed E-state index contributed by atoms with van der Waals surface area (Å²) in [5, 5.41) is 3.52. The van der Waals surface area contributed by atoms with Crippen LogP contribution in [0.5, 0.6) is 0 Å². The van der Waals surface area contributed by atoms with Crippen molar-refractivity contribution in [2.75, 3.05) is 17.1 Å². The van der Waals surface area contributed by atoms with Gasteiger partial charge in [-0.15, -0.1) is 0 Å². The summed E-state index contributed by atoms with van der Waals surface area (Å²) in [4.78, 5) is 28.3. The molecule has 0 heterocycles. The molecule has 2 atom stereocenters. The quantitative estimate of drug-likeness (QED) is 0.473. The Morgan fingerprint density at radius 2 is 1.57 bits per heavy atom. The van der Waals surface area contributed by atoms with E-state index in [0.29, 0.717) is 17.1 Å². The molecule has 2 aromatic carbocycles. The van der Waals surface area contributed by atoms with Gasteiger partial charge in [-0.1, -0.05) is 43.6 Å². The third-order valence-electron chi connectivity index (χ3n) is 5.83. The normalized spacial score (nSPS) is 13.1. The highest BCUT2D eigenvalue weighted by Crippen LogP contribution is 2.23. The van der Waals surface area contributed by atoms with Gasteiger partial charge in [-0.3, -0.25) is 13.9 Å². The van der Waals surface area contributed by atoms with Gasteiger partial charge in [0.25, 0.3) is 0 Å². The molecule has 0 spiro atoms. The number of aryl methyl sites for hydroxylation is 2. The first-order valence-corrected chi connectivity index (χ1v) is 14.0. The molecule has 9 heteroatoms. The highest BCUT2D eigenvalue weighted by molar-refractivity contribution is 7.92. The Bertz CT molecular complexity index is 1120. The molecule has 0 aliphatic heterocycles. The fraction of sp³-hybridized carbons (Fsp3) is 0.462. The first-order chi connectivity index (χ1) is 16.3. The van der Waals surface area contributed by atoms with E-state index < -0.39 is 28.5 Å². The van der Waals surface area contributed by atoms with Gasteiger partial charge in [0.15, 0.2) is 0 Å². The molecule has 0 radical (unpaired) electrons. The maximum absolute atomic E-state index is 13.7. The van der Waals surface area contributed by atoms with Gasteiger partial charge >= 0.3 is 0 Å². The molecule has 0 aliphatic rings. The summed E-state index contributed by atoms with van der Waals surface area (Å²) in [6.07, 6.45) is 2.21. The van der Waals surface area contributed by atoms with Crippen LogP contribution in [0.4, 0.5) is 5.69 Å². The summed E-state index contributed by atoms with van der Waals surface area (Å²) < 4.78 is 26.6. The van der Waals surface area contributed by atoms with Crippen LogP contribution < -0.4 is 9.62 Å². The smallest absolute Gasteiger partial charge is 0.244 e. The average molecular weight is 522 g/mol. The fourth-order valence-electron chi connectivity index (χ4n) is 3.86. The van der Waals surface area contributed by atoms with E-state index in [1.807, 2.05) is 40.7 Å². The van der Waals surface area contributed by atoms with E-state index in [4.69, 9.17) is 11.6 Å². The summed E-state index contributed by atoms with van der Waals surface area (Å²) in [6.45, 7) is 9.18. The van der Waals surface area contributed by atoms with Crippen molar-refractivity contribution < 1.29 is 18.0 Å². The monoisotopic (exact) mass is 521 g/mol. The van der Waals surface area contributed by atoms with Crippen LogP contribution in [0.15, 0.2) is 42.5 Å². The molecule has 2 amide bonds. The zero-order valence-electron chi connectivity index (χ0n) is 21.3. The molecule has 0 aliphatic carbocycles. The van der Waals surface area contributed by atoms with Crippen LogP contribution in [0.1, 0.15) is 50.3 Å². The number of rotatable bonds is 11. The predicted octanol–water partition coefficient (Wildman–Crippen LogP) is 4.44. The van der Waals surface area contributed by atoms with Gasteiger partial charge < -0.3 is 10.2 Å². The predicted molar refractivity (Wildman–Crippen MR) is 142 cm³/mol. The largest absolute Gasteiger partial charge is 0.352 e. The SMILES string of the molecule is CC[C@H](C(=O)N[C@@H](C)CC)N(Cc1ccc(Cl)cc1)C(=O)CN(c1cc(C)cc(C)c1)S(C)(=O)=O. The highest BCUT2D eigenvalue weighted by atomic mass is 35.5. The number of nitrogens with zero attached hydrogens (tertiary/aromatic N) is 2. The lowest BCUT2D eigenvalue weighted by molar-refractivity contribution is -0.140. The van der Waals surface area contributed by atoms with Crippen molar-refractivity contribution in [3.8, 4) is 0 Å². The standard InChI is InChI=1S/C26H36ClN3O4S/c1-7-20(5)28-26(32)24(8-2)29(16-21-9-11-22(27)12-10-21)25(31)17-30(35(6,33)34)23-14-18(3)13-19(4)15-23/h9-15,20,24H,7-8,16-17H2,1-6H3,(H,28,32)/t20-,24+/m0/s1. The Morgan fingerprint density at radius 1 is 1.00 bits per heavy atom. The lowest BCUT2D eigenvalue weighted by Crippen LogP contribution is -2.53. The molecule has 0 aromatic heterocycles. The number of nitrogens with one attached hydrogen (secondary N) is 1. The third-order valence-corrected chi connectivity index (χ3v) is 7.22. The summed E-state index contributed by atoms with van der Waals surface area (Å²) in [7, 11) is -3.77. The summed E-state index contributed by atoms with van der Waals surface area (Å²) in [5.74, 6) is -0.725. The fourth-order valence-corrected chi connectivity index (χ4v) is 4.81. The lowest BCUT2D eigenvalue weighted by Gasteiger charge is -2.33. The molecular weight excluding hydrogens is 486 g/mol. The van der Waals surface area contributed by atoms with E-state index in [9.17, 15) is 18.0 Å². The molecule has 0 fully saturated rings. The molecule has 0 bridgehead atoms. The van der Waals surface area contributed by atoms with Crippen LogP contribution in [0.25, 0.3) is 0 Å². The van der Waals surface area contributed by atoms with Crippen molar-refractivity contribution in [3.63, 3.8) is 0 Å². The van der Waals surface area contributed by atoms with Crippen LogP contribution in [-0.4, -0.2) is 50.0 Å². The molecule has 192 valence electrons. The third kappa shape index (κ3) is 8.25. The number of halogens is 1. The number of amides is 2. The van der Waals surface area contributed by atoms with E-state index in [1.54, 1.807) is 36.4 Å². The minimum Gasteiger partial charge on any atom is -0.352 e. The zero-order valence-corrected chi connectivity index (χ0v) is 22.9. The second-order valence-corrected chi connectivity index (χ2v) is 11.3. The van der Waals surface area contributed by atoms with Gasteiger partial charge in [0.2, 0.25) is 21.8 Å². The molecule has 0 saturated carbocycles. The van der Waals surface area contributed by atoms with Crippen molar-refractivity contribution in [2.24, 2.45) is 0 Å². The van der Waals surface area contributed by atoms with Gasteiger partial charge in [-0.05, 0) is 74.6 Å². The summed E-state index contributed by atoms with van der Waals surface area (Å²) in [5.41, 5.74) is 2.98. The van der Waals surface area contributed by atoms with Gasteiger partial charge in [-0.25, -0.2) is 8.42 Å². The van der Waals surface area contributed by atoms with Crippen molar-refractivity contribution in [2.45, 2.75) is 66.1 Å². The molecule has 35 heavy (non-hydrogen) atoms. The first kappa shape index (κ1) is 28.7. The Morgan fingerprint density at radius 3 is 2.06 bits per heavy atom. The second-order valence-electron chi connectivity index (χ2n) is 9.01. The molecule has 0 saturated heterocycles. The Labute approximate surface area is 214 Å². The van der Waals surface area contributed by atoms with Crippen LogP contribution in [0.2, 0.25) is 5.02 Å². The van der Waals surface area contributed by atoms with E-state index in [2.05, 4.69) is 5.32 Å². The van der Waals surface area contributed by atoms with Crippen LogP contribution >= 0.6 is 11.6 Å². The number of carbonyl (C=O) groups is 2. The molecular formula is C26H36ClN3O4S. The number of carbonyl (C=O) groups excluding carboxylic acids is 2. The minimum atomic E-state index is -3.77. The van der Waals surface area contributed by atoms with Crippen molar-refractivity contribution in [3.05, 3.63) is 64.2 Å². The van der Waals surface area contributed by atoms with Gasteiger partial charge in [0.05, 0.1) is 11.9 Å². The number of sulfonamides is 1. The topological polar surface area (TPSA) is 86.8 Å². The maximum Gasteiger partial charge on any atom is 0.244 e. The number of benzene rings is 2. The number of hydrogen-bond donors (Lipinski definition) is 1. The Hall–Kier alpha value is -2.58. The Kier molecular flexibility index (Phi) is 10.2. The molecule has 2 aromatic rings. The van der Waals surface area contributed by atoms with Crippen molar-refractivity contribution in [1.82, 2.24) is 10.2 Å². The second kappa shape index (κ2) is 12.4. The number of anilines is 1. The zero-order chi connectivity index (χ0) is 26.3. The summed E-state index contributed by atoms with van der Waals surface area (Å²) in [6, 6.07) is 11.6. The van der Waals surface area contributed by atoms with Crippen molar-refractivity contribution in [1.29, 1.82) is 0 Å². The number of hydrogen-bond acceptors (Lipinski definition) is 4. The van der Waals surface area contributed by atoms with E-state index in [0.717, 1.165) is 33.7 Å². The lowest BCUT2D eigenvalue weighted by atomic mass is 10.1. The first-order valence-electron chi connectivity index (χ1n) is 11.8. The maximum atomic E-state index is 13.7. The van der Waals surface area contributed by atoms with E-state index in [1.165, 1.54) is 4.90 Å². The van der Waals surface area contributed by atoms with E-state index >= 15 is 0 Å². The molecule has 7 nitrogen and oxygen atoms in total. The molecule has 2 rings (SSSR count). The van der Waals surface area contributed by atoms with Crippen LogP contribution in [-0.2, 0) is 26.2 Å². The van der Waals surface area contributed by atoms with Crippen LogP contribution in [0.3, 0.4) is 0 Å². The van der Waals surface area contributed by atoms with Crippen LogP contribution in [0, 0.1) is 13.8 Å². The highest BCUT2D eigenvalue weighted by Gasteiger charge is 2.32. The van der Waals surface area contributed by atoms with Crippen molar-refractivity contribution >= 4 is 39.1 Å². The Balaban J connectivity index is 2.46. The summed E-state index contributed by atoms with van der Waals surface area (Å²) >= 11 is 6.02.